The van der Waals surface area contributed by atoms with Gasteiger partial charge in [0, 0.05) is 22.6 Å². The fourth-order valence-electron chi connectivity index (χ4n) is 2.26. The monoisotopic (exact) mass is 276 g/mol. The smallest absolute Gasteiger partial charge is 0.0748 e. The lowest BCUT2D eigenvalue weighted by Gasteiger charge is -2.14. The van der Waals surface area contributed by atoms with Crippen LogP contribution in [-0.4, -0.2) is 17.6 Å². The molecule has 0 fully saturated rings. The van der Waals surface area contributed by atoms with E-state index in [4.69, 9.17) is 11.6 Å². The van der Waals surface area contributed by atoms with Crippen LogP contribution in [0, 0.1) is 0 Å². The molecule has 0 aliphatic rings. The average Bonchev–Trinajstić information content (AvgIpc) is 2.45. The highest BCUT2D eigenvalue weighted by Gasteiger charge is 2.07. The Morgan fingerprint density at radius 1 is 1.32 bits per heavy atom. The Balaban J connectivity index is 2.11. The number of halogens is 1. The van der Waals surface area contributed by atoms with Crippen LogP contribution in [0.15, 0.2) is 30.5 Å². The molecule has 1 atom stereocenters. The standard InChI is InChI=1S/C16H21ClN2/c1-3-10-18-12(2)6-7-13-8-9-15(17)14-5-4-11-19-16(13)14/h4-5,8-9,11-12,18H,3,6-7,10H2,1-2H3. The van der Waals surface area contributed by atoms with Crippen LogP contribution in [0.25, 0.3) is 10.9 Å². The van der Waals surface area contributed by atoms with Crippen LogP contribution >= 0.6 is 11.6 Å². The predicted molar refractivity (Wildman–Crippen MR) is 82.8 cm³/mol. The average molecular weight is 277 g/mol. The number of aromatic nitrogens is 1. The third-order valence-corrected chi connectivity index (χ3v) is 3.72. The summed E-state index contributed by atoms with van der Waals surface area (Å²) >= 11 is 6.21. The van der Waals surface area contributed by atoms with Gasteiger partial charge in [0.1, 0.15) is 0 Å². The van der Waals surface area contributed by atoms with Crippen molar-refractivity contribution in [2.75, 3.05) is 6.54 Å². The van der Waals surface area contributed by atoms with Gasteiger partial charge in [0.25, 0.3) is 0 Å². The molecule has 0 bridgehead atoms. The van der Waals surface area contributed by atoms with Gasteiger partial charge in [0.05, 0.1) is 5.52 Å². The van der Waals surface area contributed by atoms with E-state index in [0.717, 1.165) is 35.3 Å². The molecule has 0 spiro atoms. The fraction of sp³-hybridized carbons (Fsp3) is 0.438. The number of hydrogen-bond donors (Lipinski definition) is 1. The molecule has 1 aromatic heterocycles. The van der Waals surface area contributed by atoms with Crippen molar-refractivity contribution < 1.29 is 0 Å². The number of aryl methyl sites for hydroxylation is 1. The van der Waals surface area contributed by atoms with Crippen LogP contribution in [0.1, 0.15) is 32.3 Å². The van der Waals surface area contributed by atoms with E-state index in [-0.39, 0.29) is 0 Å². The van der Waals surface area contributed by atoms with Gasteiger partial charge in [-0.3, -0.25) is 4.98 Å². The normalized spacial score (nSPS) is 12.8. The van der Waals surface area contributed by atoms with Gasteiger partial charge in [-0.15, -0.1) is 0 Å². The SMILES string of the molecule is CCCNC(C)CCc1ccc(Cl)c2cccnc12. The fourth-order valence-corrected chi connectivity index (χ4v) is 2.48. The Morgan fingerprint density at radius 3 is 2.95 bits per heavy atom. The van der Waals surface area contributed by atoms with Crippen LogP contribution < -0.4 is 5.32 Å². The third kappa shape index (κ3) is 3.68. The first-order valence-electron chi connectivity index (χ1n) is 6.98. The number of fused-ring (bicyclic) bond motifs is 1. The van der Waals surface area contributed by atoms with Crippen molar-refractivity contribution >= 4 is 22.5 Å². The van der Waals surface area contributed by atoms with Crippen molar-refractivity contribution in [3.63, 3.8) is 0 Å². The van der Waals surface area contributed by atoms with Crippen molar-refractivity contribution in [3.8, 4) is 0 Å². The van der Waals surface area contributed by atoms with E-state index in [1.807, 2.05) is 24.4 Å². The maximum Gasteiger partial charge on any atom is 0.0748 e. The maximum absolute atomic E-state index is 6.21. The van der Waals surface area contributed by atoms with Gasteiger partial charge in [-0.25, -0.2) is 0 Å². The van der Waals surface area contributed by atoms with E-state index < -0.39 is 0 Å². The van der Waals surface area contributed by atoms with E-state index >= 15 is 0 Å². The molecule has 3 heteroatoms. The third-order valence-electron chi connectivity index (χ3n) is 3.39. The first-order chi connectivity index (χ1) is 9.22. The van der Waals surface area contributed by atoms with E-state index in [9.17, 15) is 0 Å². The predicted octanol–water partition coefficient (Wildman–Crippen LogP) is 4.21. The van der Waals surface area contributed by atoms with Crippen LogP contribution in [0.2, 0.25) is 5.02 Å². The van der Waals surface area contributed by atoms with Crippen molar-refractivity contribution in [1.29, 1.82) is 0 Å². The second-order valence-electron chi connectivity index (χ2n) is 5.00. The molecule has 0 aliphatic heterocycles. The van der Waals surface area contributed by atoms with Crippen LogP contribution in [0.4, 0.5) is 0 Å². The number of pyridine rings is 1. The molecule has 0 saturated carbocycles. The number of rotatable bonds is 6. The lowest BCUT2D eigenvalue weighted by molar-refractivity contribution is 0.514. The molecular formula is C16H21ClN2. The zero-order valence-corrected chi connectivity index (χ0v) is 12.4. The second-order valence-corrected chi connectivity index (χ2v) is 5.41. The Hall–Kier alpha value is -1.12. The van der Waals surface area contributed by atoms with Gasteiger partial charge in [-0.05, 0) is 56.5 Å². The molecule has 102 valence electrons. The van der Waals surface area contributed by atoms with Crippen molar-refractivity contribution in [1.82, 2.24) is 10.3 Å². The van der Waals surface area contributed by atoms with Gasteiger partial charge in [0.15, 0.2) is 0 Å². The number of benzene rings is 1. The maximum atomic E-state index is 6.21. The van der Waals surface area contributed by atoms with Gasteiger partial charge >= 0.3 is 0 Å². The largest absolute Gasteiger partial charge is 0.314 e. The molecule has 1 aromatic carbocycles. The van der Waals surface area contributed by atoms with Gasteiger partial charge < -0.3 is 5.32 Å². The summed E-state index contributed by atoms with van der Waals surface area (Å²) in [5, 5.41) is 5.35. The summed E-state index contributed by atoms with van der Waals surface area (Å²) < 4.78 is 0. The van der Waals surface area contributed by atoms with Crippen LogP contribution in [0.5, 0.6) is 0 Å². The highest BCUT2D eigenvalue weighted by molar-refractivity contribution is 6.35. The first kappa shape index (κ1) is 14.3. The lowest BCUT2D eigenvalue weighted by Crippen LogP contribution is -2.27. The summed E-state index contributed by atoms with van der Waals surface area (Å²) in [6.07, 6.45) is 5.16. The van der Waals surface area contributed by atoms with Crippen molar-refractivity contribution in [3.05, 3.63) is 41.0 Å². The molecule has 0 aliphatic carbocycles. The summed E-state index contributed by atoms with van der Waals surface area (Å²) in [5.41, 5.74) is 2.32. The topological polar surface area (TPSA) is 24.9 Å². The molecule has 0 amide bonds. The summed E-state index contributed by atoms with van der Waals surface area (Å²) in [7, 11) is 0. The Bertz CT molecular complexity index is 539. The minimum absolute atomic E-state index is 0.536. The summed E-state index contributed by atoms with van der Waals surface area (Å²) in [5.74, 6) is 0. The summed E-state index contributed by atoms with van der Waals surface area (Å²) in [6, 6.07) is 8.58. The van der Waals surface area contributed by atoms with E-state index in [1.54, 1.807) is 0 Å². The molecule has 1 unspecified atom stereocenters. The molecule has 2 rings (SSSR count). The van der Waals surface area contributed by atoms with Crippen LogP contribution in [0.3, 0.4) is 0 Å². The molecule has 2 aromatic rings. The number of hydrogen-bond acceptors (Lipinski definition) is 2. The van der Waals surface area contributed by atoms with Gasteiger partial charge in [0.2, 0.25) is 0 Å². The quantitative estimate of drug-likeness (QED) is 0.855. The Labute approximate surface area is 120 Å². The molecule has 2 nitrogen and oxygen atoms in total. The van der Waals surface area contributed by atoms with Gasteiger partial charge in [-0.2, -0.15) is 0 Å². The zero-order chi connectivity index (χ0) is 13.7. The van der Waals surface area contributed by atoms with Crippen molar-refractivity contribution in [2.24, 2.45) is 0 Å². The lowest BCUT2D eigenvalue weighted by atomic mass is 10.0. The van der Waals surface area contributed by atoms with E-state index in [2.05, 4.69) is 30.2 Å². The molecular weight excluding hydrogens is 256 g/mol. The van der Waals surface area contributed by atoms with Crippen LogP contribution in [-0.2, 0) is 6.42 Å². The number of nitrogens with zero attached hydrogens (tertiary/aromatic N) is 1. The molecule has 1 heterocycles. The molecule has 19 heavy (non-hydrogen) atoms. The highest BCUT2D eigenvalue weighted by Crippen LogP contribution is 2.25. The minimum atomic E-state index is 0.536. The number of nitrogens with one attached hydrogen (secondary N) is 1. The van der Waals surface area contributed by atoms with E-state index in [0.29, 0.717) is 6.04 Å². The molecule has 1 N–H and O–H groups in total. The minimum Gasteiger partial charge on any atom is -0.314 e. The molecule has 0 saturated heterocycles. The summed E-state index contributed by atoms with van der Waals surface area (Å²) in [4.78, 5) is 4.48. The summed E-state index contributed by atoms with van der Waals surface area (Å²) in [6.45, 7) is 5.51. The zero-order valence-electron chi connectivity index (χ0n) is 11.6. The first-order valence-corrected chi connectivity index (χ1v) is 7.35. The molecule has 0 radical (unpaired) electrons. The highest BCUT2D eigenvalue weighted by atomic mass is 35.5. The van der Waals surface area contributed by atoms with Gasteiger partial charge in [-0.1, -0.05) is 24.6 Å². The second kappa shape index (κ2) is 6.88. The Kier molecular flexibility index (Phi) is 5.17. The van der Waals surface area contributed by atoms with E-state index in [1.165, 1.54) is 12.0 Å². The Morgan fingerprint density at radius 2 is 2.16 bits per heavy atom. The van der Waals surface area contributed by atoms with Crippen molar-refractivity contribution in [2.45, 2.75) is 39.2 Å².